The van der Waals surface area contributed by atoms with Gasteiger partial charge in [0.15, 0.2) is 0 Å². The van der Waals surface area contributed by atoms with Gasteiger partial charge >= 0.3 is 0 Å². The van der Waals surface area contributed by atoms with Crippen LogP contribution in [-0.2, 0) is 6.42 Å². The Morgan fingerprint density at radius 2 is 2.32 bits per heavy atom. The third kappa shape index (κ3) is 3.75. The van der Waals surface area contributed by atoms with Crippen LogP contribution in [0.5, 0.6) is 5.75 Å². The predicted octanol–water partition coefficient (Wildman–Crippen LogP) is 3.47. The molecule has 19 heavy (non-hydrogen) atoms. The number of rotatable bonds is 6. The molecule has 102 valence electrons. The van der Waals surface area contributed by atoms with Crippen LogP contribution in [0, 0.1) is 12.3 Å². The Balaban J connectivity index is 1.95. The molecule has 0 fully saturated rings. The lowest BCUT2D eigenvalue weighted by molar-refractivity contribution is 0.408. The Hall–Kier alpha value is -1.46. The van der Waals surface area contributed by atoms with E-state index in [1.54, 1.807) is 7.11 Å². The highest BCUT2D eigenvalue weighted by Crippen LogP contribution is 2.32. The molecule has 1 aliphatic rings. The summed E-state index contributed by atoms with van der Waals surface area (Å²) in [6, 6.07) is 6.94. The molecule has 2 rings (SSSR count). The zero-order valence-corrected chi connectivity index (χ0v) is 11.7. The van der Waals surface area contributed by atoms with E-state index in [1.807, 2.05) is 0 Å². The van der Waals surface area contributed by atoms with Crippen molar-refractivity contribution in [2.45, 2.75) is 44.6 Å². The Morgan fingerprint density at radius 3 is 3.11 bits per heavy atom. The van der Waals surface area contributed by atoms with E-state index in [9.17, 15) is 0 Å². The lowest BCUT2D eigenvalue weighted by Gasteiger charge is -2.27. The van der Waals surface area contributed by atoms with Crippen molar-refractivity contribution in [3.8, 4) is 18.1 Å². The summed E-state index contributed by atoms with van der Waals surface area (Å²) in [5, 5.41) is 3.66. The van der Waals surface area contributed by atoms with Crippen LogP contribution in [0.2, 0.25) is 0 Å². The lowest BCUT2D eigenvalue weighted by Crippen LogP contribution is -2.26. The number of hydrogen-bond donors (Lipinski definition) is 1. The van der Waals surface area contributed by atoms with Gasteiger partial charge in [0.25, 0.3) is 0 Å². The fourth-order valence-corrected chi connectivity index (χ4v) is 2.74. The average Bonchev–Trinajstić information content (AvgIpc) is 2.46. The van der Waals surface area contributed by atoms with Crippen LogP contribution in [0.25, 0.3) is 0 Å². The molecule has 1 aliphatic carbocycles. The Morgan fingerprint density at radius 1 is 1.42 bits per heavy atom. The molecule has 1 N–H and O–H groups in total. The minimum Gasteiger partial charge on any atom is -0.497 e. The number of unbranched alkanes of at least 4 members (excludes halogenated alkanes) is 2. The van der Waals surface area contributed by atoms with Gasteiger partial charge in [-0.3, -0.25) is 0 Å². The van der Waals surface area contributed by atoms with Gasteiger partial charge in [-0.15, -0.1) is 12.3 Å². The second kappa shape index (κ2) is 7.21. The van der Waals surface area contributed by atoms with Crippen LogP contribution < -0.4 is 10.1 Å². The molecule has 0 aromatic heterocycles. The van der Waals surface area contributed by atoms with Gasteiger partial charge in [0.2, 0.25) is 0 Å². The highest BCUT2D eigenvalue weighted by atomic mass is 16.5. The van der Waals surface area contributed by atoms with E-state index in [-0.39, 0.29) is 0 Å². The molecule has 1 unspecified atom stereocenters. The monoisotopic (exact) mass is 257 g/mol. The topological polar surface area (TPSA) is 21.3 Å². The third-order valence-corrected chi connectivity index (χ3v) is 3.81. The summed E-state index contributed by atoms with van der Waals surface area (Å²) in [7, 11) is 1.73. The first-order valence-corrected chi connectivity index (χ1v) is 7.19. The molecule has 2 nitrogen and oxygen atoms in total. The van der Waals surface area contributed by atoms with Crippen LogP contribution in [0.4, 0.5) is 0 Å². The maximum atomic E-state index is 5.34. The molecule has 0 radical (unpaired) electrons. The van der Waals surface area contributed by atoms with Gasteiger partial charge in [0.05, 0.1) is 7.11 Å². The molecule has 1 aromatic carbocycles. The number of hydrogen-bond acceptors (Lipinski definition) is 2. The highest BCUT2D eigenvalue weighted by molar-refractivity contribution is 5.39. The SMILES string of the molecule is C#CCCCCNC1CCCc2ccc(OC)cc21. The molecular weight excluding hydrogens is 234 g/mol. The average molecular weight is 257 g/mol. The van der Waals surface area contributed by atoms with Gasteiger partial charge in [-0.1, -0.05) is 6.07 Å². The van der Waals surface area contributed by atoms with Crippen LogP contribution >= 0.6 is 0 Å². The summed E-state index contributed by atoms with van der Waals surface area (Å²) >= 11 is 0. The van der Waals surface area contributed by atoms with Crippen molar-refractivity contribution in [2.75, 3.05) is 13.7 Å². The number of terminal acetylenes is 1. The summed E-state index contributed by atoms with van der Waals surface area (Å²) in [5.74, 6) is 3.65. The van der Waals surface area contributed by atoms with Crippen LogP contribution in [0.15, 0.2) is 18.2 Å². The van der Waals surface area contributed by atoms with Crippen molar-refractivity contribution in [2.24, 2.45) is 0 Å². The molecule has 2 heteroatoms. The summed E-state index contributed by atoms with van der Waals surface area (Å²) in [6.07, 6.45) is 12.1. The summed E-state index contributed by atoms with van der Waals surface area (Å²) in [4.78, 5) is 0. The summed E-state index contributed by atoms with van der Waals surface area (Å²) < 4.78 is 5.34. The number of methoxy groups -OCH3 is 1. The van der Waals surface area contributed by atoms with E-state index < -0.39 is 0 Å². The Labute approximate surface area is 116 Å². The largest absolute Gasteiger partial charge is 0.497 e. The number of fused-ring (bicyclic) bond motifs is 1. The van der Waals surface area contributed by atoms with Crippen LogP contribution in [0.3, 0.4) is 0 Å². The normalized spacial score (nSPS) is 17.6. The van der Waals surface area contributed by atoms with E-state index >= 15 is 0 Å². The Bertz CT molecular complexity index is 447. The number of aryl methyl sites for hydroxylation is 1. The highest BCUT2D eigenvalue weighted by Gasteiger charge is 2.19. The third-order valence-electron chi connectivity index (χ3n) is 3.81. The van der Waals surface area contributed by atoms with Gasteiger partial charge in [0, 0.05) is 12.5 Å². The number of ether oxygens (including phenoxy) is 1. The number of nitrogens with one attached hydrogen (secondary N) is 1. The van der Waals surface area contributed by atoms with Gasteiger partial charge in [-0.05, 0) is 61.9 Å². The Kier molecular flexibility index (Phi) is 5.30. The van der Waals surface area contributed by atoms with E-state index in [1.165, 1.54) is 30.4 Å². The standard InChI is InChI=1S/C17H23NO/c1-3-4-5-6-12-18-17-9-7-8-14-10-11-15(19-2)13-16(14)17/h1,10-11,13,17-18H,4-9,12H2,2H3. The molecule has 0 saturated heterocycles. The summed E-state index contributed by atoms with van der Waals surface area (Å²) in [6.45, 7) is 1.04. The maximum Gasteiger partial charge on any atom is 0.119 e. The fraction of sp³-hybridized carbons (Fsp3) is 0.529. The van der Waals surface area contributed by atoms with Crippen molar-refractivity contribution in [3.05, 3.63) is 29.3 Å². The van der Waals surface area contributed by atoms with E-state index in [4.69, 9.17) is 11.2 Å². The zero-order chi connectivity index (χ0) is 13.5. The van der Waals surface area contributed by atoms with Gasteiger partial charge in [-0.2, -0.15) is 0 Å². The molecule has 0 heterocycles. The maximum absolute atomic E-state index is 5.34. The first kappa shape index (κ1) is 14.0. The first-order valence-electron chi connectivity index (χ1n) is 7.19. The van der Waals surface area contributed by atoms with E-state index in [2.05, 4.69) is 29.4 Å². The van der Waals surface area contributed by atoms with Gasteiger partial charge in [0.1, 0.15) is 5.75 Å². The molecule has 1 aromatic rings. The number of benzene rings is 1. The van der Waals surface area contributed by atoms with Crippen molar-refractivity contribution < 1.29 is 4.74 Å². The van der Waals surface area contributed by atoms with Crippen molar-refractivity contribution in [3.63, 3.8) is 0 Å². The van der Waals surface area contributed by atoms with Crippen molar-refractivity contribution in [1.82, 2.24) is 5.32 Å². The second-order valence-corrected chi connectivity index (χ2v) is 5.12. The predicted molar refractivity (Wildman–Crippen MR) is 79.4 cm³/mol. The van der Waals surface area contributed by atoms with Crippen LogP contribution in [0.1, 0.15) is 49.3 Å². The molecule has 0 bridgehead atoms. The van der Waals surface area contributed by atoms with Gasteiger partial charge < -0.3 is 10.1 Å². The fourth-order valence-electron chi connectivity index (χ4n) is 2.74. The molecule has 1 atom stereocenters. The van der Waals surface area contributed by atoms with Gasteiger partial charge in [-0.25, -0.2) is 0 Å². The van der Waals surface area contributed by atoms with Crippen molar-refractivity contribution in [1.29, 1.82) is 0 Å². The van der Waals surface area contributed by atoms with Crippen LogP contribution in [-0.4, -0.2) is 13.7 Å². The molecular formula is C17H23NO. The van der Waals surface area contributed by atoms with E-state index in [0.29, 0.717) is 6.04 Å². The molecule has 0 spiro atoms. The molecule has 0 saturated carbocycles. The van der Waals surface area contributed by atoms with Crippen molar-refractivity contribution >= 4 is 0 Å². The minimum atomic E-state index is 0.477. The summed E-state index contributed by atoms with van der Waals surface area (Å²) in [5.41, 5.74) is 2.88. The minimum absolute atomic E-state index is 0.477. The second-order valence-electron chi connectivity index (χ2n) is 5.12. The molecule has 0 aliphatic heterocycles. The lowest BCUT2D eigenvalue weighted by atomic mass is 9.87. The molecule has 0 amide bonds. The zero-order valence-electron chi connectivity index (χ0n) is 11.7. The first-order chi connectivity index (χ1) is 9.35. The smallest absolute Gasteiger partial charge is 0.119 e. The quantitative estimate of drug-likeness (QED) is 0.622. The van der Waals surface area contributed by atoms with E-state index in [0.717, 1.165) is 31.6 Å².